The molecule has 0 spiro atoms. The molecule has 0 bridgehead atoms. The van der Waals surface area contributed by atoms with E-state index in [1.807, 2.05) is 0 Å². The quantitative estimate of drug-likeness (QED) is 0.164. The molecule has 0 atom stereocenters. The Morgan fingerprint density at radius 1 is 0.383 bits per heavy atom. The molecule has 0 aliphatic heterocycles. The molecule has 0 unspecified atom stereocenters. The summed E-state index contributed by atoms with van der Waals surface area (Å²) < 4.78 is 4.96. The van der Waals surface area contributed by atoms with Crippen molar-refractivity contribution < 1.29 is 0 Å². The summed E-state index contributed by atoms with van der Waals surface area (Å²) in [4.78, 5) is 2.51. The summed E-state index contributed by atoms with van der Waals surface area (Å²) >= 11 is 0. The van der Waals surface area contributed by atoms with Gasteiger partial charge in [0.1, 0.15) is 0 Å². The van der Waals surface area contributed by atoms with E-state index in [-0.39, 0.29) is 5.41 Å². The van der Waals surface area contributed by atoms with E-state index < -0.39 is 0 Å². The molecule has 2 aromatic heterocycles. The van der Waals surface area contributed by atoms with Crippen molar-refractivity contribution in [1.82, 2.24) is 9.13 Å². The first-order chi connectivity index (χ1) is 29.6. The van der Waals surface area contributed by atoms with Crippen molar-refractivity contribution in [3.63, 3.8) is 0 Å². The summed E-state index contributed by atoms with van der Waals surface area (Å²) in [6.07, 6.45) is 0. The van der Waals surface area contributed by atoms with Crippen LogP contribution >= 0.6 is 0 Å². The van der Waals surface area contributed by atoms with Gasteiger partial charge in [0.15, 0.2) is 0 Å². The highest BCUT2D eigenvalue weighted by atomic mass is 15.2. The van der Waals surface area contributed by atoms with Crippen LogP contribution in [0.1, 0.15) is 25.0 Å². The number of anilines is 3. The Morgan fingerprint density at radius 3 is 1.65 bits per heavy atom. The fourth-order valence-corrected chi connectivity index (χ4v) is 10.2. The molecule has 0 N–H and O–H groups in total. The van der Waals surface area contributed by atoms with Crippen molar-refractivity contribution in [3.05, 3.63) is 223 Å². The topological polar surface area (TPSA) is 13.1 Å². The maximum absolute atomic E-state index is 2.51. The van der Waals surface area contributed by atoms with E-state index in [2.05, 4.69) is 240 Å². The Morgan fingerprint density at radius 2 is 0.933 bits per heavy atom. The van der Waals surface area contributed by atoms with E-state index in [1.165, 1.54) is 71.5 Å². The first-order valence-electron chi connectivity index (χ1n) is 20.9. The molecule has 3 heteroatoms. The van der Waals surface area contributed by atoms with Gasteiger partial charge >= 0.3 is 0 Å². The number of benzene rings is 9. The lowest BCUT2D eigenvalue weighted by Gasteiger charge is -2.30. The zero-order valence-electron chi connectivity index (χ0n) is 33.5. The van der Waals surface area contributed by atoms with Crippen LogP contribution in [0.3, 0.4) is 0 Å². The second-order valence-corrected chi connectivity index (χ2v) is 16.5. The number of para-hydroxylation sites is 5. The normalized spacial score (nSPS) is 13.0. The van der Waals surface area contributed by atoms with Gasteiger partial charge in [-0.05, 0) is 88.5 Å². The third-order valence-corrected chi connectivity index (χ3v) is 12.9. The maximum atomic E-state index is 2.51. The van der Waals surface area contributed by atoms with Gasteiger partial charge in [0, 0.05) is 43.9 Å². The van der Waals surface area contributed by atoms with Gasteiger partial charge in [-0.3, -0.25) is 0 Å². The van der Waals surface area contributed by atoms with Gasteiger partial charge in [-0.1, -0.05) is 166 Å². The molecule has 2 heterocycles. The third-order valence-electron chi connectivity index (χ3n) is 12.9. The van der Waals surface area contributed by atoms with Gasteiger partial charge in [-0.2, -0.15) is 0 Å². The van der Waals surface area contributed by atoms with Crippen molar-refractivity contribution in [1.29, 1.82) is 0 Å². The Bertz CT molecular complexity index is 3410. The highest BCUT2D eigenvalue weighted by Gasteiger charge is 2.36. The van der Waals surface area contributed by atoms with Gasteiger partial charge in [-0.15, -0.1) is 0 Å². The molecule has 3 nitrogen and oxygen atoms in total. The fraction of sp³-hybridized carbons (Fsp3) is 0.0526. The van der Waals surface area contributed by atoms with Crippen LogP contribution in [-0.4, -0.2) is 9.13 Å². The molecule has 0 amide bonds. The molecule has 1 aliphatic rings. The monoisotopic (exact) mass is 767 g/mol. The Balaban J connectivity index is 1.24. The van der Waals surface area contributed by atoms with Gasteiger partial charge in [0.05, 0.1) is 39.1 Å². The summed E-state index contributed by atoms with van der Waals surface area (Å²) in [6.45, 7) is 4.74. The number of nitrogens with zero attached hydrogens (tertiary/aromatic N) is 3. The first-order valence-corrected chi connectivity index (χ1v) is 20.9. The largest absolute Gasteiger partial charge is 0.310 e. The lowest BCUT2D eigenvalue weighted by atomic mass is 9.82. The van der Waals surface area contributed by atoms with Crippen LogP contribution in [0.15, 0.2) is 212 Å². The number of fused-ring (bicyclic) bond motifs is 9. The molecule has 284 valence electrons. The molecule has 60 heavy (non-hydrogen) atoms. The van der Waals surface area contributed by atoms with Crippen LogP contribution < -0.4 is 4.90 Å². The van der Waals surface area contributed by atoms with Crippen LogP contribution in [0.5, 0.6) is 0 Å². The van der Waals surface area contributed by atoms with E-state index in [0.29, 0.717) is 0 Å². The van der Waals surface area contributed by atoms with Crippen LogP contribution in [0.2, 0.25) is 0 Å². The van der Waals surface area contributed by atoms with Crippen LogP contribution in [0.4, 0.5) is 17.1 Å². The lowest BCUT2D eigenvalue weighted by Crippen LogP contribution is -2.17. The number of hydrogen-bond acceptors (Lipinski definition) is 1. The van der Waals surface area contributed by atoms with Crippen LogP contribution in [0.25, 0.3) is 77.2 Å². The Hall–Kier alpha value is -7.62. The summed E-state index contributed by atoms with van der Waals surface area (Å²) in [7, 11) is 0. The van der Waals surface area contributed by atoms with Crippen molar-refractivity contribution >= 4 is 60.7 Å². The van der Waals surface area contributed by atoms with Gasteiger partial charge < -0.3 is 14.0 Å². The fourth-order valence-electron chi connectivity index (χ4n) is 10.2. The van der Waals surface area contributed by atoms with E-state index >= 15 is 0 Å². The number of hydrogen-bond donors (Lipinski definition) is 0. The maximum Gasteiger partial charge on any atom is 0.0583 e. The van der Waals surface area contributed by atoms with E-state index in [1.54, 1.807) is 0 Å². The smallest absolute Gasteiger partial charge is 0.0583 e. The highest BCUT2D eigenvalue weighted by Crippen LogP contribution is 2.52. The SMILES string of the molecule is CC1(C)c2ccccc2-c2ccc(N(c3cc(-n4c5ccccc5c5ccccc54)c4c5ccccc5n(-c5ccccc5)c4c3)c3ccccc3-c3ccccc3)cc21. The predicted molar refractivity (Wildman–Crippen MR) is 253 cm³/mol. The average Bonchev–Trinajstić information content (AvgIpc) is 3.90. The van der Waals surface area contributed by atoms with Crippen LogP contribution in [-0.2, 0) is 5.41 Å². The van der Waals surface area contributed by atoms with E-state index in [0.717, 1.165) is 34.0 Å². The van der Waals surface area contributed by atoms with E-state index in [4.69, 9.17) is 0 Å². The average molecular weight is 768 g/mol. The zero-order valence-corrected chi connectivity index (χ0v) is 33.5. The Kier molecular flexibility index (Phi) is 7.58. The first kappa shape index (κ1) is 34.4. The third kappa shape index (κ3) is 5.02. The molecule has 9 aromatic carbocycles. The standard InChI is InChI=1S/C57H41N3/c1-57(2)48-28-14-9-24-43(48)44-34-33-40(35-49(44)57)58(50-29-15-10-23-42(50)38-19-5-3-6-20-38)41-36-54-56(47-27-13-18-32-53(47)59(54)39-21-7-4-8-22-39)55(37-41)60-51-30-16-11-25-45(51)46-26-12-17-31-52(46)60/h3-37H,1-2H3. The second-order valence-electron chi connectivity index (χ2n) is 16.5. The predicted octanol–water partition coefficient (Wildman–Crippen LogP) is 15.3. The Labute approximate surface area is 349 Å². The lowest BCUT2D eigenvalue weighted by molar-refractivity contribution is 0.660. The van der Waals surface area contributed by atoms with Crippen LogP contribution in [0, 0.1) is 0 Å². The van der Waals surface area contributed by atoms with Crippen molar-refractivity contribution in [2.24, 2.45) is 0 Å². The van der Waals surface area contributed by atoms with Crippen molar-refractivity contribution in [2.75, 3.05) is 4.90 Å². The summed E-state index contributed by atoms with van der Waals surface area (Å²) in [5.41, 5.74) is 17.8. The van der Waals surface area contributed by atoms with E-state index in [9.17, 15) is 0 Å². The van der Waals surface area contributed by atoms with Crippen molar-refractivity contribution in [2.45, 2.75) is 19.3 Å². The molecule has 0 fully saturated rings. The molecular formula is C57H41N3. The summed E-state index contributed by atoms with van der Waals surface area (Å²) in [5, 5.41) is 4.91. The van der Waals surface area contributed by atoms with Gasteiger partial charge in [-0.25, -0.2) is 0 Å². The molecule has 0 saturated carbocycles. The minimum atomic E-state index is -0.162. The molecule has 0 radical (unpaired) electrons. The summed E-state index contributed by atoms with van der Waals surface area (Å²) in [6, 6.07) is 78.0. The highest BCUT2D eigenvalue weighted by molar-refractivity contribution is 6.17. The molecule has 1 aliphatic carbocycles. The van der Waals surface area contributed by atoms with Crippen molar-refractivity contribution in [3.8, 4) is 33.6 Å². The zero-order chi connectivity index (χ0) is 40.0. The molecule has 12 rings (SSSR count). The van der Waals surface area contributed by atoms with Gasteiger partial charge in [0.25, 0.3) is 0 Å². The molecule has 11 aromatic rings. The second kappa shape index (κ2) is 13.2. The minimum absolute atomic E-state index is 0.162. The summed E-state index contributed by atoms with van der Waals surface area (Å²) in [5.74, 6) is 0. The number of rotatable bonds is 6. The molecule has 0 saturated heterocycles. The molecular weight excluding hydrogens is 727 g/mol. The number of aromatic nitrogens is 2. The van der Waals surface area contributed by atoms with Gasteiger partial charge in [0.2, 0.25) is 0 Å². The minimum Gasteiger partial charge on any atom is -0.310 e.